The maximum Gasteiger partial charge on any atom is 0.416 e. The standard InChI is InChI=1S/C38H17F3N6.C34H17F3N6/c1-20-4-6-21(7-5-20)23-10-14-26-28(16-23)32(30(18-42)44-2)36-34(26)46-37-33(31(19-43)45-3)29-17-24(11-15-27(29)35(37)47-36)22-8-12-25(13-9-22)38(39,40)41;1-18-3-5-19(6-4-18)22-10-14-25-27(16-22)31(43-39-2)33-30(25)41-32-28(40-17-38)26-15-21(9-13-24(26)29(32)42-33)20-7-11-23(12-8-20)34(35,36)37/h4-17H,1H3;3-16H,1H3/b32-30+,33-31-;40-28?,43-31+. The van der Waals surface area contributed by atoms with E-state index in [1.54, 1.807) is 36.4 Å². The van der Waals surface area contributed by atoms with Gasteiger partial charge in [0.15, 0.2) is 5.36 Å². The number of rotatable bonds is 4. The largest absolute Gasteiger partial charge is 0.416 e. The fraction of sp³-hybridized carbons (Fsp3) is 0.0556. The lowest BCUT2D eigenvalue weighted by atomic mass is 9.96. The number of alkyl halides is 6. The molecule has 0 aliphatic heterocycles. The molecule has 0 fully saturated rings. The lowest BCUT2D eigenvalue weighted by molar-refractivity contribution is -0.138. The van der Waals surface area contributed by atoms with Crippen molar-refractivity contribution >= 4 is 54.8 Å². The van der Waals surface area contributed by atoms with Gasteiger partial charge in [0.25, 0.3) is 11.4 Å². The van der Waals surface area contributed by atoms with Crippen LogP contribution in [0.4, 0.5) is 26.3 Å². The third kappa shape index (κ3) is 9.48. The molecular weight excluding hydrogens is 1150 g/mol. The highest BCUT2D eigenvalue weighted by Crippen LogP contribution is 2.52. The number of aryl methyl sites for hydroxylation is 2. The molecule has 90 heavy (non-hydrogen) atoms. The first-order valence-electron chi connectivity index (χ1n) is 27.3. The van der Waals surface area contributed by atoms with Crippen molar-refractivity contribution in [2.24, 2.45) is 10.1 Å². The second kappa shape index (κ2) is 21.6. The van der Waals surface area contributed by atoms with Crippen LogP contribution in [0.5, 0.6) is 0 Å². The molecule has 0 amide bonds. The molecule has 14 rings (SSSR count). The van der Waals surface area contributed by atoms with E-state index in [1.165, 1.54) is 24.3 Å². The Hall–Kier alpha value is -12.7. The van der Waals surface area contributed by atoms with Gasteiger partial charge in [0.2, 0.25) is 6.19 Å². The molecule has 18 heteroatoms. The molecule has 12 aromatic rings. The van der Waals surface area contributed by atoms with E-state index in [0.717, 1.165) is 68.4 Å². The molecule has 0 saturated heterocycles. The minimum Gasteiger partial charge on any atom is -0.245 e. The number of benzene rings is 8. The molecule has 2 heterocycles. The topological polar surface area (TPSA) is 161 Å². The minimum atomic E-state index is -4.48. The summed E-state index contributed by atoms with van der Waals surface area (Å²) in [4.78, 5) is 34.1. The predicted octanol–water partition coefficient (Wildman–Crippen LogP) is 17.2. The summed E-state index contributed by atoms with van der Waals surface area (Å²) in [7, 11) is 0. The highest BCUT2D eigenvalue weighted by Gasteiger charge is 2.37. The van der Waals surface area contributed by atoms with Gasteiger partial charge in [0.05, 0.1) is 75.3 Å². The van der Waals surface area contributed by atoms with Gasteiger partial charge in [-0.25, -0.2) is 40.1 Å². The third-order valence-corrected chi connectivity index (χ3v) is 15.9. The van der Waals surface area contributed by atoms with Gasteiger partial charge in [-0.05, 0) is 118 Å². The zero-order valence-corrected chi connectivity index (χ0v) is 46.8. The average Bonchev–Trinajstić information content (AvgIpc) is 1.74. The van der Waals surface area contributed by atoms with Gasteiger partial charge in [-0.1, -0.05) is 132 Å². The van der Waals surface area contributed by atoms with Gasteiger partial charge in [-0.3, -0.25) is 0 Å². The number of nitriles is 3. The Balaban J connectivity index is 0.000000166. The molecule has 2 aliphatic rings. The zero-order chi connectivity index (χ0) is 62.9. The summed E-state index contributed by atoms with van der Waals surface area (Å²) in [6, 6.07) is 51.9. The number of hydrogen-bond acceptors (Lipinski definition) is 9. The molecule has 12 nitrogen and oxygen atoms in total. The van der Waals surface area contributed by atoms with Crippen LogP contribution in [0.1, 0.15) is 44.8 Å². The maximum absolute atomic E-state index is 13.2. The Morgan fingerprint density at radius 3 is 1.12 bits per heavy atom. The Bertz CT molecular complexity index is 5540. The molecule has 2 aromatic heterocycles. The van der Waals surface area contributed by atoms with Crippen molar-refractivity contribution < 1.29 is 26.3 Å². The van der Waals surface area contributed by atoms with E-state index in [9.17, 15) is 42.1 Å². The van der Waals surface area contributed by atoms with Crippen molar-refractivity contribution in [3.8, 4) is 85.4 Å². The molecular formula is C72H34F6N12. The van der Waals surface area contributed by atoms with Gasteiger partial charge in [0, 0.05) is 43.8 Å². The SMILES string of the molecule is [C-]#[N+]/C(C#N)=C1/c2cc(-c3ccc(C(F)(F)F)cc3)ccc2-c2nc3c(nc21)-c1ccc(-c2ccc(C)cc2)cc1/C3=C(/C#N)[N+]#[C-].[C-]#[N+]/N=c1\c2cc(-c3ccc(C)cc3)ccc2c2nc3c(=NC#N)c4cc(-c5ccc(C(F)(F)F)cc5)ccc4c3nc12. The molecule has 0 saturated carbocycles. The monoisotopic (exact) mass is 1180 g/mol. The molecule has 424 valence electrons. The normalized spacial score (nSPS) is 13.7. The van der Waals surface area contributed by atoms with Crippen LogP contribution in [0.15, 0.2) is 191 Å². The van der Waals surface area contributed by atoms with Gasteiger partial charge in [-0.2, -0.15) is 43.2 Å². The van der Waals surface area contributed by atoms with Gasteiger partial charge in [0.1, 0.15) is 16.4 Å². The number of hydrogen-bond donors (Lipinski definition) is 0. The van der Waals surface area contributed by atoms with Gasteiger partial charge < -0.3 is 0 Å². The Morgan fingerprint density at radius 1 is 0.400 bits per heavy atom. The van der Waals surface area contributed by atoms with Crippen LogP contribution >= 0.6 is 0 Å². The molecule has 2 aliphatic carbocycles. The highest BCUT2D eigenvalue weighted by atomic mass is 19.4. The van der Waals surface area contributed by atoms with Crippen LogP contribution in [0.2, 0.25) is 0 Å². The molecule has 0 bridgehead atoms. The van der Waals surface area contributed by atoms with E-state index in [4.69, 9.17) is 39.7 Å². The highest BCUT2D eigenvalue weighted by molar-refractivity contribution is 6.16. The second-order valence-corrected chi connectivity index (χ2v) is 21.2. The fourth-order valence-electron chi connectivity index (χ4n) is 11.6. The Kier molecular flexibility index (Phi) is 13.6. The summed E-state index contributed by atoms with van der Waals surface area (Å²) in [5, 5.41) is 37.1. The van der Waals surface area contributed by atoms with Crippen LogP contribution in [0.3, 0.4) is 0 Å². The van der Waals surface area contributed by atoms with Crippen molar-refractivity contribution in [3.05, 3.63) is 271 Å². The Labute approximate surface area is 507 Å². The van der Waals surface area contributed by atoms with Crippen LogP contribution in [0, 0.1) is 67.7 Å². The van der Waals surface area contributed by atoms with Crippen LogP contribution < -0.4 is 10.7 Å². The second-order valence-electron chi connectivity index (χ2n) is 21.2. The van der Waals surface area contributed by atoms with Crippen molar-refractivity contribution in [3.63, 3.8) is 0 Å². The van der Waals surface area contributed by atoms with Crippen molar-refractivity contribution in [1.29, 1.82) is 15.8 Å². The number of fused-ring (bicyclic) bond motifs is 12. The van der Waals surface area contributed by atoms with Crippen molar-refractivity contribution in [2.45, 2.75) is 26.2 Å². The maximum atomic E-state index is 13.2. The summed E-state index contributed by atoms with van der Waals surface area (Å²) >= 11 is 0. The lowest BCUT2D eigenvalue weighted by Gasteiger charge is -2.09. The molecule has 0 unspecified atom stereocenters. The van der Waals surface area contributed by atoms with E-state index in [0.29, 0.717) is 116 Å². The van der Waals surface area contributed by atoms with E-state index in [1.807, 2.05) is 117 Å². The predicted molar refractivity (Wildman–Crippen MR) is 328 cm³/mol. The van der Waals surface area contributed by atoms with Crippen molar-refractivity contribution in [2.75, 3.05) is 0 Å². The quantitative estimate of drug-likeness (QED) is 0.0557. The average molecular weight is 1180 g/mol. The van der Waals surface area contributed by atoms with Crippen molar-refractivity contribution in [1.82, 2.24) is 19.9 Å². The molecule has 0 atom stereocenters. The summed E-state index contributed by atoms with van der Waals surface area (Å²) in [6.07, 6.45) is -7.06. The summed E-state index contributed by atoms with van der Waals surface area (Å²) in [6.45, 7) is 27.0. The van der Waals surface area contributed by atoms with E-state index >= 15 is 0 Å². The van der Waals surface area contributed by atoms with Crippen LogP contribution in [-0.4, -0.2) is 19.9 Å². The number of halogens is 6. The first kappa shape index (κ1) is 56.4. The Morgan fingerprint density at radius 2 is 0.756 bits per heavy atom. The smallest absolute Gasteiger partial charge is 0.245 e. The van der Waals surface area contributed by atoms with Crippen LogP contribution in [0.25, 0.3) is 136 Å². The first-order chi connectivity index (χ1) is 43.4. The third-order valence-electron chi connectivity index (χ3n) is 15.9. The van der Waals surface area contributed by atoms with Crippen LogP contribution in [-0.2, 0) is 12.4 Å². The summed E-state index contributed by atoms with van der Waals surface area (Å²) < 4.78 is 78.8. The number of nitrogens with zero attached hydrogens (tertiary/aromatic N) is 12. The fourth-order valence-corrected chi connectivity index (χ4v) is 11.6. The van der Waals surface area contributed by atoms with E-state index in [-0.39, 0.29) is 17.0 Å². The zero-order valence-electron chi connectivity index (χ0n) is 46.8. The molecule has 0 N–H and O–H groups in total. The molecule has 0 spiro atoms. The summed E-state index contributed by atoms with van der Waals surface area (Å²) in [5.41, 5.74) is 12.8. The van der Waals surface area contributed by atoms with E-state index in [2.05, 4.69) is 24.7 Å². The first-order valence-corrected chi connectivity index (χ1v) is 27.3. The lowest BCUT2D eigenvalue weighted by Crippen LogP contribution is -2.04. The summed E-state index contributed by atoms with van der Waals surface area (Å²) in [5.74, 6) is 0. The van der Waals surface area contributed by atoms with E-state index < -0.39 is 23.5 Å². The van der Waals surface area contributed by atoms with Gasteiger partial charge >= 0.3 is 12.4 Å². The van der Waals surface area contributed by atoms with Gasteiger partial charge in [-0.15, -0.1) is 4.95 Å². The molecule has 10 aromatic carbocycles. The molecule has 0 radical (unpaired) electrons. The number of allylic oxidation sites excluding steroid dienone is 2. The number of aromatic nitrogens is 4. The minimum absolute atomic E-state index is 0.147.